The fourth-order valence-electron chi connectivity index (χ4n) is 3.54. The highest BCUT2D eigenvalue weighted by Crippen LogP contribution is 2.11. The molecule has 10 heteroatoms. The van der Waals surface area contributed by atoms with Gasteiger partial charge in [0, 0.05) is 19.3 Å². The van der Waals surface area contributed by atoms with Gasteiger partial charge in [-0.2, -0.15) is 0 Å². The number of hydrogen-bond acceptors (Lipinski definition) is 5. The van der Waals surface area contributed by atoms with Crippen LogP contribution in [0.15, 0.2) is 0 Å². The van der Waals surface area contributed by atoms with Gasteiger partial charge >= 0.3 is 17.9 Å². The number of carboxylic acid groups (broad SMARTS) is 3. The molecule has 34 heavy (non-hydrogen) atoms. The second kappa shape index (κ2) is 19.8. The fourth-order valence-corrected chi connectivity index (χ4v) is 3.54. The van der Waals surface area contributed by atoms with Crippen molar-refractivity contribution in [3.05, 3.63) is 0 Å². The highest BCUT2D eigenvalue weighted by atomic mass is 16.4. The van der Waals surface area contributed by atoms with Gasteiger partial charge in [0.2, 0.25) is 11.8 Å². The highest BCUT2D eigenvalue weighted by Gasteiger charge is 2.23. The highest BCUT2D eigenvalue weighted by molar-refractivity contribution is 5.86. The van der Waals surface area contributed by atoms with E-state index in [4.69, 9.17) is 5.11 Å². The molecule has 0 bridgehead atoms. The van der Waals surface area contributed by atoms with E-state index in [9.17, 15) is 34.2 Å². The summed E-state index contributed by atoms with van der Waals surface area (Å²) in [5.41, 5.74) is 0. The summed E-state index contributed by atoms with van der Waals surface area (Å²) in [4.78, 5) is 57.4. The van der Waals surface area contributed by atoms with Gasteiger partial charge in [-0.15, -0.1) is 0 Å². The second-order valence-electron chi connectivity index (χ2n) is 8.67. The summed E-state index contributed by atoms with van der Waals surface area (Å²) in [5, 5.41) is 31.9. The van der Waals surface area contributed by atoms with E-state index in [1.807, 2.05) is 0 Å². The molecule has 1 unspecified atom stereocenters. The van der Waals surface area contributed by atoms with Crippen LogP contribution in [0, 0.1) is 0 Å². The summed E-state index contributed by atoms with van der Waals surface area (Å²) in [6.07, 6.45) is 10.4. The van der Waals surface area contributed by atoms with E-state index in [-0.39, 0.29) is 38.0 Å². The number of aliphatic carboxylic acids is 3. The third-order valence-corrected chi connectivity index (χ3v) is 5.57. The molecule has 2 amide bonds. The number of rotatable bonds is 22. The van der Waals surface area contributed by atoms with Crippen molar-refractivity contribution in [1.29, 1.82) is 0 Å². The average Bonchev–Trinajstić information content (AvgIpc) is 2.76. The van der Waals surface area contributed by atoms with Crippen LogP contribution in [0.25, 0.3) is 0 Å². The van der Waals surface area contributed by atoms with Crippen LogP contribution in [0.1, 0.15) is 110 Å². The van der Waals surface area contributed by atoms with Gasteiger partial charge in [0.05, 0.1) is 0 Å². The predicted octanol–water partition coefficient (Wildman–Crippen LogP) is 3.47. The first-order chi connectivity index (χ1) is 16.2. The van der Waals surface area contributed by atoms with E-state index in [0.717, 1.165) is 19.3 Å². The molecular formula is C24H42N2O8. The molecule has 0 saturated carbocycles. The molecule has 0 aliphatic carbocycles. The SMILES string of the molecule is CCCCCCCCCCCC(=O)N[C@H](CCC(=O)NC(CCCCC(=O)O)C(=O)O)C(=O)O. The van der Waals surface area contributed by atoms with Crippen LogP contribution in [0.4, 0.5) is 0 Å². The first kappa shape index (κ1) is 31.4. The second-order valence-corrected chi connectivity index (χ2v) is 8.67. The van der Waals surface area contributed by atoms with Crippen LogP contribution in [-0.2, 0) is 24.0 Å². The van der Waals surface area contributed by atoms with E-state index in [2.05, 4.69) is 17.6 Å². The Kier molecular flexibility index (Phi) is 18.2. The third-order valence-electron chi connectivity index (χ3n) is 5.57. The zero-order valence-corrected chi connectivity index (χ0v) is 20.4. The molecule has 0 aromatic rings. The Morgan fingerprint density at radius 2 is 1.00 bits per heavy atom. The molecule has 5 N–H and O–H groups in total. The third kappa shape index (κ3) is 17.9. The van der Waals surface area contributed by atoms with E-state index >= 15 is 0 Å². The molecule has 0 radical (unpaired) electrons. The minimum absolute atomic E-state index is 0.0756. The lowest BCUT2D eigenvalue weighted by molar-refractivity contribution is -0.143. The predicted molar refractivity (Wildman–Crippen MR) is 126 cm³/mol. The summed E-state index contributed by atoms with van der Waals surface area (Å²) < 4.78 is 0. The van der Waals surface area contributed by atoms with E-state index in [1.165, 1.54) is 32.1 Å². The molecule has 2 atom stereocenters. The van der Waals surface area contributed by atoms with Crippen molar-refractivity contribution in [3.63, 3.8) is 0 Å². The quantitative estimate of drug-likeness (QED) is 0.145. The van der Waals surface area contributed by atoms with Crippen LogP contribution in [0.5, 0.6) is 0 Å². The molecule has 0 spiro atoms. The van der Waals surface area contributed by atoms with Crippen molar-refractivity contribution in [1.82, 2.24) is 10.6 Å². The van der Waals surface area contributed by atoms with Gasteiger partial charge in [-0.05, 0) is 25.7 Å². The zero-order valence-electron chi connectivity index (χ0n) is 20.4. The standard InChI is InChI=1S/C24H42N2O8/c1-2-3-4-5-6-7-8-9-10-14-20(27)26-19(24(33)34)16-17-21(28)25-18(23(31)32)13-11-12-15-22(29)30/h18-19H,2-17H2,1H3,(H,25,28)(H,26,27)(H,29,30)(H,31,32)(H,33,34)/t18?,19-/m1/s1. The van der Waals surface area contributed by atoms with Crippen molar-refractivity contribution in [2.75, 3.05) is 0 Å². The molecule has 0 heterocycles. The number of amides is 2. The Labute approximate surface area is 201 Å². The van der Waals surface area contributed by atoms with Crippen molar-refractivity contribution in [2.45, 2.75) is 122 Å². The van der Waals surface area contributed by atoms with Gasteiger partial charge in [0.15, 0.2) is 0 Å². The van der Waals surface area contributed by atoms with Gasteiger partial charge in [-0.25, -0.2) is 9.59 Å². The number of carbonyl (C=O) groups is 5. The van der Waals surface area contributed by atoms with E-state index < -0.39 is 35.9 Å². The van der Waals surface area contributed by atoms with Crippen LogP contribution >= 0.6 is 0 Å². The lowest BCUT2D eigenvalue weighted by Crippen LogP contribution is -2.43. The van der Waals surface area contributed by atoms with Crippen LogP contribution in [-0.4, -0.2) is 57.1 Å². The fraction of sp³-hybridized carbons (Fsp3) is 0.792. The Balaban J connectivity index is 4.21. The summed E-state index contributed by atoms with van der Waals surface area (Å²) in [6, 6.07) is -2.40. The minimum atomic E-state index is -1.25. The van der Waals surface area contributed by atoms with Crippen molar-refractivity contribution < 1.29 is 39.3 Å². The van der Waals surface area contributed by atoms with Gasteiger partial charge in [-0.1, -0.05) is 64.7 Å². The minimum Gasteiger partial charge on any atom is -0.481 e. The van der Waals surface area contributed by atoms with Gasteiger partial charge < -0.3 is 26.0 Å². The molecular weight excluding hydrogens is 444 g/mol. The maximum Gasteiger partial charge on any atom is 0.326 e. The first-order valence-electron chi connectivity index (χ1n) is 12.4. The number of nitrogens with one attached hydrogen (secondary N) is 2. The average molecular weight is 487 g/mol. The topological polar surface area (TPSA) is 170 Å². The molecule has 0 fully saturated rings. The number of hydrogen-bond donors (Lipinski definition) is 5. The number of carbonyl (C=O) groups excluding carboxylic acids is 2. The monoisotopic (exact) mass is 486 g/mol. The van der Waals surface area contributed by atoms with Crippen LogP contribution in [0.2, 0.25) is 0 Å². The Morgan fingerprint density at radius 1 is 0.559 bits per heavy atom. The van der Waals surface area contributed by atoms with E-state index in [1.54, 1.807) is 0 Å². The maximum absolute atomic E-state index is 12.1. The van der Waals surface area contributed by atoms with Gasteiger partial charge in [0.25, 0.3) is 0 Å². The molecule has 0 aliphatic heterocycles. The van der Waals surface area contributed by atoms with Gasteiger partial charge in [0.1, 0.15) is 12.1 Å². The Morgan fingerprint density at radius 3 is 1.50 bits per heavy atom. The first-order valence-corrected chi connectivity index (χ1v) is 12.4. The normalized spacial score (nSPS) is 12.5. The summed E-state index contributed by atoms with van der Waals surface area (Å²) >= 11 is 0. The Hall–Kier alpha value is -2.65. The zero-order chi connectivity index (χ0) is 25.8. The van der Waals surface area contributed by atoms with Gasteiger partial charge in [-0.3, -0.25) is 14.4 Å². The lowest BCUT2D eigenvalue weighted by atomic mass is 10.1. The van der Waals surface area contributed by atoms with Crippen LogP contribution in [0.3, 0.4) is 0 Å². The number of carboxylic acids is 3. The maximum atomic E-state index is 12.1. The van der Waals surface area contributed by atoms with Crippen molar-refractivity contribution in [3.8, 4) is 0 Å². The van der Waals surface area contributed by atoms with Crippen molar-refractivity contribution >= 4 is 29.7 Å². The Bertz CT molecular complexity index is 638. The molecule has 0 aromatic heterocycles. The molecule has 0 saturated heterocycles. The molecule has 10 nitrogen and oxygen atoms in total. The smallest absolute Gasteiger partial charge is 0.326 e. The summed E-state index contributed by atoms with van der Waals surface area (Å²) in [7, 11) is 0. The molecule has 0 rings (SSSR count). The molecule has 0 aliphatic rings. The molecule has 0 aromatic carbocycles. The van der Waals surface area contributed by atoms with Crippen LogP contribution < -0.4 is 10.6 Å². The summed E-state index contributed by atoms with van der Waals surface area (Å²) in [6.45, 7) is 2.18. The number of unbranched alkanes of at least 4 members (excludes halogenated alkanes) is 9. The summed E-state index contributed by atoms with van der Waals surface area (Å²) in [5.74, 6) is -4.48. The lowest BCUT2D eigenvalue weighted by Gasteiger charge is -2.17. The molecule has 196 valence electrons. The largest absolute Gasteiger partial charge is 0.481 e. The van der Waals surface area contributed by atoms with Crippen molar-refractivity contribution in [2.24, 2.45) is 0 Å². The van der Waals surface area contributed by atoms with E-state index in [0.29, 0.717) is 19.3 Å².